The van der Waals surface area contributed by atoms with E-state index in [1.807, 2.05) is 4.68 Å². The van der Waals surface area contributed by atoms with E-state index in [9.17, 15) is 4.79 Å². The largest absolute Gasteiger partial charge is 0.370 e. The molecule has 1 unspecified atom stereocenters. The molecule has 6 nitrogen and oxygen atoms in total. The standard InChI is InChI=1S/C19H27N5OS/c1-14(2)11-23-18(8-7-17(20)25)21-24(19(23)26)13-22-10-9-15-5-3-4-6-16(15)12-22/h3-6,14H,7-13H2,1-2H3,(H2,20,25)/p+1. The first-order chi connectivity index (χ1) is 12.4. The van der Waals surface area contributed by atoms with E-state index >= 15 is 0 Å². The fourth-order valence-corrected chi connectivity index (χ4v) is 3.83. The van der Waals surface area contributed by atoms with E-state index in [0.717, 1.165) is 43.3 Å². The average molecular weight is 375 g/mol. The second kappa shape index (κ2) is 8.14. The van der Waals surface area contributed by atoms with E-state index < -0.39 is 0 Å². The van der Waals surface area contributed by atoms with Crippen molar-refractivity contribution in [1.29, 1.82) is 0 Å². The van der Waals surface area contributed by atoms with Gasteiger partial charge in [-0.05, 0) is 23.7 Å². The van der Waals surface area contributed by atoms with Crippen LogP contribution in [0, 0.1) is 10.7 Å². The molecule has 7 heteroatoms. The number of amides is 1. The van der Waals surface area contributed by atoms with Gasteiger partial charge in [0.2, 0.25) is 10.7 Å². The minimum Gasteiger partial charge on any atom is -0.370 e. The lowest BCUT2D eigenvalue weighted by Gasteiger charge is -2.25. The van der Waals surface area contributed by atoms with Crippen LogP contribution in [0.25, 0.3) is 0 Å². The Balaban J connectivity index is 1.79. The minimum atomic E-state index is -0.306. The van der Waals surface area contributed by atoms with Crippen molar-refractivity contribution in [3.05, 3.63) is 46.0 Å². The summed E-state index contributed by atoms with van der Waals surface area (Å²) >= 11 is 5.69. The van der Waals surface area contributed by atoms with Gasteiger partial charge in [0, 0.05) is 31.4 Å². The highest BCUT2D eigenvalue weighted by Gasteiger charge is 2.21. The van der Waals surface area contributed by atoms with Crippen LogP contribution in [0.4, 0.5) is 0 Å². The minimum absolute atomic E-state index is 0.299. The van der Waals surface area contributed by atoms with Crippen molar-refractivity contribution in [3.63, 3.8) is 0 Å². The van der Waals surface area contributed by atoms with E-state index in [4.69, 9.17) is 23.1 Å². The van der Waals surface area contributed by atoms with E-state index in [0.29, 0.717) is 18.8 Å². The van der Waals surface area contributed by atoms with Crippen LogP contribution < -0.4 is 10.6 Å². The highest BCUT2D eigenvalue weighted by molar-refractivity contribution is 7.71. The molecule has 1 aliphatic heterocycles. The molecular weight excluding hydrogens is 346 g/mol. The maximum atomic E-state index is 11.2. The zero-order valence-corrected chi connectivity index (χ0v) is 16.4. The van der Waals surface area contributed by atoms with Gasteiger partial charge in [-0.15, -0.1) is 0 Å². The van der Waals surface area contributed by atoms with Gasteiger partial charge in [-0.3, -0.25) is 4.79 Å². The average Bonchev–Trinajstić information content (AvgIpc) is 2.88. The highest BCUT2D eigenvalue weighted by Crippen LogP contribution is 2.11. The molecule has 0 spiro atoms. The summed E-state index contributed by atoms with van der Waals surface area (Å²) < 4.78 is 4.74. The highest BCUT2D eigenvalue weighted by atomic mass is 32.1. The van der Waals surface area contributed by atoms with Gasteiger partial charge in [0.05, 0.1) is 6.54 Å². The number of carbonyl (C=O) groups is 1. The third-order valence-corrected chi connectivity index (χ3v) is 5.25. The number of benzene rings is 1. The van der Waals surface area contributed by atoms with Crippen molar-refractivity contribution >= 4 is 18.1 Å². The van der Waals surface area contributed by atoms with Crippen LogP contribution in [0.15, 0.2) is 24.3 Å². The van der Waals surface area contributed by atoms with E-state index in [-0.39, 0.29) is 5.91 Å². The third-order valence-electron chi connectivity index (χ3n) is 4.82. The van der Waals surface area contributed by atoms with Gasteiger partial charge < -0.3 is 15.2 Å². The SMILES string of the molecule is CC(C)Cn1c(CCC(N)=O)nn(C[NH+]2CCc3ccccc3C2)c1=S. The summed E-state index contributed by atoms with van der Waals surface area (Å²) in [7, 11) is 0. The van der Waals surface area contributed by atoms with Gasteiger partial charge in [-0.1, -0.05) is 38.1 Å². The maximum Gasteiger partial charge on any atom is 0.217 e. The third kappa shape index (κ3) is 4.40. The van der Waals surface area contributed by atoms with Gasteiger partial charge in [0.1, 0.15) is 12.4 Å². The molecule has 3 rings (SSSR count). The van der Waals surface area contributed by atoms with Crippen LogP contribution in [0.5, 0.6) is 0 Å². The van der Waals surface area contributed by atoms with Gasteiger partial charge in [-0.2, -0.15) is 9.78 Å². The number of primary amides is 1. The zero-order valence-electron chi connectivity index (χ0n) is 15.6. The summed E-state index contributed by atoms with van der Waals surface area (Å²) in [6.07, 6.45) is 1.92. The number of aromatic nitrogens is 3. The van der Waals surface area contributed by atoms with Crippen molar-refractivity contribution in [2.75, 3.05) is 6.54 Å². The Morgan fingerprint density at radius 2 is 2.08 bits per heavy atom. The topological polar surface area (TPSA) is 70.3 Å². The number of hydrogen-bond acceptors (Lipinski definition) is 3. The number of nitrogens with zero attached hydrogens (tertiary/aromatic N) is 3. The van der Waals surface area contributed by atoms with Gasteiger partial charge in [0.15, 0.2) is 6.67 Å². The Labute approximate surface area is 159 Å². The molecule has 0 fully saturated rings. The fraction of sp³-hybridized carbons (Fsp3) is 0.526. The van der Waals surface area contributed by atoms with Crippen LogP contribution in [-0.2, 0) is 37.4 Å². The summed E-state index contributed by atoms with van der Waals surface area (Å²) in [5, 5.41) is 4.73. The number of carbonyl (C=O) groups excluding carboxylic acids is 1. The van der Waals surface area contributed by atoms with Crippen LogP contribution >= 0.6 is 12.2 Å². The lowest BCUT2D eigenvalue weighted by Crippen LogP contribution is -3.11. The van der Waals surface area contributed by atoms with E-state index in [1.54, 1.807) is 0 Å². The first kappa shape index (κ1) is 18.8. The number of nitrogens with one attached hydrogen (secondary N) is 1. The Hall–Kier alpha value is -1.99. The molecule has 2 heterocycles. The second-order valence-corrected chi connectivity index (χ2v) is 7.89. The normalized spacial score (nSPS) is 16.7. The van der Waals surface area contributed by atoms with Crippen molar-refractivity contribution in [2.24, 2.45) is 11.7 Å². The molecule has 26 heavy (non-hydrogen) atoms. The molecule has 0 aliphatic carbocycles. The van der Waals surface area contributed by atoms with Crippen molar-refractivity contribution in [3.8, 4) is 0 Å². The lowest BCUT2D eigenvalue weighted by molar-refractivity contribution is -0.939. The second-order valence-electron chi connectivity index (χ2n) is 7.52. The molecule has 2 aromatic rings. The molecule has 140 valence electrons. The lowest BCUT2D eigenvalue weighted by atomic mass is 10.0. The Morgan fingerprint density at radius 1 is 1.35 bits per heavy atom. The van der Waals surface area contributed by atoms with E-state index in [2.05, 4.69) is 42.7 Å². The predicted molar refractivity (Wildman–Crippen MR) is 103 cm³/mol. The van der Waals surface area contributed by atoms with Crippen LogP contribution in [0.2, 0.25) is 0 Å². The Bertz CT molecular complexity index is 839. The van der Waals surface area contributed by atoms with Crippen LogP contribution in [0.3, 0.4) is 0 Å². The molecule has 0 saturated carbocycles. The first-order valence-corrected chi connectivity index (χ1v) is 9.70. The summed E-state index contributed by atoms with van der Waals surface area (Å²) in [5.74, 6) is 1.01. The molecule has 1 aromatic carbocycles. The predicted octanol–water partition coefficient (Wildman–Crippen LogP) is 1.09. The van der Waals surface area contributed by atoms with Gasteiger partial charge in [-0.25, -0.2) is 0 Å². The molecule has 1 aromatic heterocycles. The van der Waals surface area contributed by atoms with Crippen molar-refractivity contribution in [2.45, 2.75) is 52.9 Å². The number of rotatable bonds is 7. The number of fused-ring (bicyclic) bond motifs is 1. The molecular formula is C19H28N5OS+. The monoisotopic (exact) mass is 374 g/mol. The number of hydrogen-bond donors (Lipinski definition) is 2. The zero-order chi connectivity index (χ0) is 18.7. The molecule has 0 radical (unpaired) electrons. The molecule has 0 bridgehead atoms. The van der Waals surface area contributed by atoms with Crippen LogP contribution in [0.1, 0.15) is 37.2 Å². The fourth-order valence-electron chi connectivity index (χ4n) is 3.55. The van der Waals surface area contributed by atoms with E-state index in [1.165, 1.54) is 16.0 Å². The van der Waals surface area contributed by atoms with Crippen molar-refractivity contribution in [1.82, 2.24) is 14.3 Å². The Kier molecular flexibility index (Phi) is 5.88. The van der Waals surface area contributed by atoms with Crippen LogP contribution in [-0.4, -0.2) is 26.8 Å². The molecule has 1 amide bonds. The molecule has 1 aliphatic rings. The summed E-state index contributed by atoms with van der Waals surface area (Å²) in [4.78, 5) is 12.6. The molecule has 0 saturated heterocycles. The molecule has 1 atom stereocenters. The van der Waals surface area contributed by atoms with Crippen molar-refractivity contribution < 1.29 is 9.69 Å². The molecule has 3 N–H and O–H groups in total. The summed E-state index contributed by atoms with van der Waals surface area (Å²) in [6.45, 7) is 7.94. The maximum absolute atomic E-state index is 11.2. The summed E-state index contributed by atoms with van der Waals surface area (Å²) in [6, 6.07) is 8.64. The number of aryl methyl sites for hydroxylation is 1. The Morgan fingerprint density at radius 3 is 2.77 bits per heavy atom. The van der Waals surface area contributed by atoms with Gasteiger partial charge in [0.25, 0.3) is 0 Å². The smallest absolute Gasteiger partial charge is 0.217 e. The van der Waals surface area contributed by atoms with Gasteiger partial charge >= 0.3 is 0 Å². The first-order valence-electron chi connectivity index (χ1n) is 9.29. The number of quaternary nitrogens is 1. The summed E-state index contributed by atoms with van der Waals surface area (Å²) in [5.41, 5.74) is 8.18. The quantitative estimate of drug-likeness (QED) is 0.713. The number of nitrogens with two attached hydrogens (primary N) is 1.